The molecule has 1 heterocycles. The fourth-order valence-electron chi connectivity index (χ4n) is 2.96. The van der Waals surface area contributed by atoms with E-state index in [-0.39, 0.29) is 24.5 Å². The van der Waals surface area contributed by atoms with Gasteiger partial charge in [0, 0.05) is 16.6 Å². The van der Waals surface area contributed by atoms with Gasteiger partial charge in [0.05, 0.1) is 18.2 Å². The van der Waals surface area contributed by atoms with Crippen LogP contribution in [0.25, 0.3) is 5.76 Å². The lowest BCUT2D eigenvalue weighted by Crippen LogP contribution is -2.32. The van der Waals surface area contributed by atoms with Gasteiger partial charge in [-0.3, -0.25) is 9.59 Å². The van der Waals surface area contributed by atoms with Crippen LogP contribution in [0, 0.1) is 0 Å². The van der Waals surface area contributed by atoms with Crippen LogP contribution in [0.2, 0.25) is 0 Å². The zero-order valence-electron chi connectivity index (χ0n) is 13.2. The van der Waals surface area contributed by atoms with Crippen molar-refractivity contribution in [2.75, 3.05) is 13.2 Å². The zero-order valence-corrected chi connectivity index (χ0v) is 14.8. The van der Waals surface area contributed by atoms with Crippen molar-refractivity contribution in [1.29, 1.82) is 0 Å². The number of benzene rings is 2. The molecule has 0 spiro atoms. The van der Waals surface area contributed by atoms with Crippen molar-refractivity contribution >= 4 is 33.4 Å². The second-order valence-electron chi connectivity index (χ2n) is 5.63. The molecular weight excluding hydrogens is 386 g/mol. The molecule has 2 aromatic carbocycles. The minimum Gasteiger partial charge on any atom is -0.507 e. The third-order valence-electron chi connectivity index (χ3n) is 4.11. The van der Waals surface area contributed by atoms with E-state index < -0.39 is 17.7 Å². The van der Waals surface area contributed by atoms with Crippen LogP contribution in [-0.2, 0) is 9.59 Å². The van der Waals surface area contributed by atoms with E-state index in [1.54, 1.807) is 48.5 Å². The number of aliphatic hydroxyl groups is 2. The van der Waals surface area contributed by atoms with Gasteiger partial charge in [-0.1, -0.05) is 58.4 Å². The molecule has 1 unspecified atom stereocenters. The maximum atomic E-state index is 12.6. The summed E-state index contributed by atoms with van der Waals surface area (Å²) < 4.78 is 0.837. The molecule has 0 saturated carbocycles. The summed E-state index contributed by atoms with van der Waals surface area (Å²) in [7, 11) is 0. The van der Waals surface area contributed by atoms with Crippen molar-refractivity contribution in [3.8, 4) is 0 Å². The molecule has 2 N–H and O–H groups in total. The van der Waals surface area contributed by atoms with E-state index in [1.807, 2.05) is 6.07 Å². The topological polar surface area (TPSA) is 77.8 Å². The fraction of sp³-hybridized carbons (Fsp3) is 0.158. The van der Waals surface area contributed by atoms with Crippen molar-refractivity contribution in [3.63, 3.8) is 0 Å². The highest BCUT2D eigenvalue weighted by atomic mass is 79.9. The predicted molar refractivity (Wildman–Crippen MR) is 96.7 cm³/mol. The van der Waals surface area contributed by atoms with Crippen LogP contribution < -0.4 is 0 Å². The number of likely N-dealkylation sites (tertiary alicyclic amines) is 1. The lowest BCUT2D eigenvalue weighted by Gasteiger charge is -2.24. The van der Waals surface area contributed by atoms with Crippen LogP contribution in [0.3, 0.4) is 0 Å². The van der Waals surface area contributed by atoms with E-state index in [1.165, 1.54) is 4.90 Å². The van der Waals surface area contributed by atoms with Gasteiger partial charge in [-0.15, -0.1) is 0 Å². The lowest BCUT2D eigenvalue weighted by molar-refractivity contribution is -0.140. The number of amides is 1. The molecule has 2 aromatic rings. The predicted octanol–water partition coefficient (Wildman–Crippen LogP) is 2.86. The minimum absolute atomic E-state index is 0.0151. The molecule has 25 heavy (non-hydrogen) atoms. The third-order valence-corrected chi connectivity index (χ3v) is 4.64. The Morgan fingerprint density at radius 2 is 1.68 bits per heavy atom. The SMILES string of the molecule is O=C1C(=O)N(CCO)C(c2ccccc2)/C1=C(/O)c1ccc(Br)cc1. The highest BCUT2D eigenvalue weighted by Gasteiger charge is 2.45. The van der Waals surface area contributed by atoms with Crippen molar-refractivity contribution in [2.24, 2.45) is 0 Å². The van der Waals surface area contributed by atoms with Crippen molar-refractivity contribution < 1.29 is 19.8 Å². The Morgan fingerprint density at radius 1 is 1.04 bits per heavy atom. The van der Waals surface area contributed by atoms with Crippen molar-refractivity contribution in [3.05, 3.63) is 75.8 Å². The van der Waals surface area contributed by atoms with Gasteiger partial charge in [0.25, 0.3) is 11.7 Å². The summed E-state index contributed by atoms with van der Waals surface area (Å²) in [6.07, 6.45) is 0. The number of nitrogens with zero attached hydrogens (tertiary/aromatic N) is 1. The molecule has 1 saturated heterocycles. The highest BCUT2D eigenvalue weighted by molar-refractivity contribution is 9.10. The summed E-state index contributed by atoms with van der Waals surface area (Å²) >= 11 is 3.32. The quantitative estimate of drug-likeness (QED) is 0.469. The number of halogens is 1. The van der Waals surface area contributed by atoms with Gasteiger partial charge in [-0.25, -0.2) is 0 Å². The highest BCUT2D eigenvalue weighted by Crippen LogP contribution is 2.39. The Hall–Kier alpha value is -2.44. The minimum atomic E-state index is -0.747. The molecule has 1 atom stereocenters. The molecule has 0 radical (unpaired) electrons. The van der Waals surface area contributed by atoms with Crippen LogP contribution in [0.15, 0.2) is 64.6 Å². The molecular formula is C19H16BrNO4. The smallest absolute Gasteiger partial charge is 0.295 e. The molecule has 6 heteroatoms. The van der Waals surface area contributed by atoms with E-state index in [0.717, 1.165) is 4.47 Å². The molecule has 1 fully saturated rings. The van der Waals surface area contributed by atoms with E-state index in [2.05, 4.69) is 15.9 Å². The Labute approximate surface area is 153 Å². The van der Waals surface area contributed by atoms with Gasteiger partial charge in [0.2, 0.25) is 0 Å². The average Bonchev–Trinajstić information content (AvgIpc) is 2.88. The summed E-state index contributed by atoms with van der Waals surface area (Å²) in [6.45, 7) is -0.254. The number of carbonyl (C=O) groups is 2. The first-order valence-corrected chi connectivity index (χ1v) is 8.54. The van der Waals surface area contributed by atoms with Gasteiger partial charge in [0.1, 0.15) is 5.76 Å². The van der Waals surface area contributed by atoms with Gasteiger partial charge >= 0.3 is 0 Å². The van der Waals surface area contributed by atoms with E-state index >= 15 is 0 Å². The monoisotopic (exact) mass is 401 g/mol. The molecule has 3 rings (SSSR count). The maximum Gasteiger partial charge on any atom is 0.295 e. The number of aliphatic hydroxyl groups excluding tert-OH is 2. The summed E-state index contributed by atoms with van der Waals surface area (Å²) in [4.78, 5) is 26.2. The van der Waals surface area contributed by atoms with Crippen molar-refractivity contribution in [1.82, 2.24) is 4.90 Å². The molecule has 1 amide bonds. The van der Waals surface area contributed by atoms with Crippen LogP contribution in [0.5, 0.6) is 0 Å². The normalized spacial score (nSPS) is 19.4. The van der Waals surface area contributed by atoms with E-state index in [9.17, 15) is 19.8 Å². The Morgan fingerprint density at radius 3 is 2.28 bits per heavy atom. The molecule has 1 aliphatic rings. The van der Waals surface area contributed by atoms with Gasteiger partial charge in [-0.2, -0.15) is 0 Å². The fourth-order valence-corrected chi connectivity index (χ4v) is 3.23. The summed E-state index contributed by atoms with van der Waals surface area (Å²) in [5.41, 5.74) is 1.19. The maximum absolute atomic E-state index is 12.6. The van der Waals surface area contributed by atoms with Crippen LogP contribution in [-0.4, -0.2) is 40.0 Å². The number of β-amino-alcohol motifs (C(OH)–C–C–N with tert-alkyl or cyclic N) is 1. The van der Waals surface area contributed by atoms with Crippen LogP contribution in [0.1, 0.15) is 17.2 Å². The third kappa shape index (κ3) is 3.23. The zero-order chi connectivity index (χ0) is 18.0. The number of hydrogen-bond donors (Lipinski definition) is 2. The largest absolute Gasteiger partial charge is 0.507 e. The Kier molecular flexibility index (Phi) is 5.01. The number of carbonyl (C=O) groups excluding carboxylic acids is 2. The number of rotatable bonds is 4. The number of ketones is 1. The Balaban J connectivity index is 2.17. The lowest BCUT2D eigenvalue weighted by atomic mass is 9.95. The molecule has 1 aliphatic heterocycles. The molecule has 0 aliphatic carbocycles. The average molecular weight is 402 g/mol. The molecule has 5 nitrogen and oxygen atoms in total. The Bertz CT molecular complexity index is 830. The number of Topliss-reactive ketones (excluding diaryl/α,β-unsaturated/α-hetero) is 1. The first kappa shape index (κ1) is 17.4. The second-order valence-corrected chi connectivity index (χ2v) is 6.55. The second kappa shape index (κ2) is 7.21. The molecule has 0 aromatic heterocycles. The van der Waals surface area contributed by atoms with Gasteiger partial charge < -0.3 is 15.1 Å². The number of hydrogen-bond acceptors (Lipinski definition) is 4. The van der Waals surface area contributed by atoms with Crippen molar-refractivity contribution in [2.45, 2.75) is 6.04 Å². The summed E-state index contributed by atoms with van der Waals surface area (Å²) in [6, 6.07) is 15.1. The molecule has 0 bridgehead atoms. The van der Waals surface area contributed by atoms with Gasteiger partial charge in [-0.05, 0) is 17.7 Å². The first-order chi connectivity index (χ1) is 12.0. The standard InChI is InChI=1S/C19H16BrNO4/c20-14-8-6-13(7-9-14)17(23)15-16(12-4-2-1-3-5-12)21(10-11-22)19(25)18(15)24/h1-9,16,22-23H,10-11H2/b17-15-. The summed E-state index contributed by atoms with van der Waals surface area (Å²) in [5.74, 6) is -1.69. The van der Waals surface area contributed by atoms with E-state index in [0.29, 0.717) is 11.1 Å². The first-order valence-electron chi connectivity index (χ1n) is 7.74. The van der Waals surface area contributed by atoms with Crippen LogP contribution >= 0.6 is 15.9 Å². The van der Waals surface area contributed by atoms with Crippen LogP contribution in [0.4, 0.5) is 0 Å². The van der Waals surface area contributed by atoms with Gasteiger partial charge in [0.15, 0.2) is 0 Å². The summed E-state index contributed by atoms with van der Waals surface area (Å²) in [5, 5.41) is 20.0. The molecule has 128 valence electrons. The van der Waals surface area contributed by atoms with E-state index in [4.69, 9.17) is 0 Å².